The molecule has 0 radical (unpaired) electrons. The van der Waals surface area contributed by atoms with Crippen LogP contribution in [0.15, 0.2) is 47.4 Å². The van der Waals surface area contributed by atoms with E-state index in [1.165, 1.54) is 20.3 Å². The van der Waals surface area contributed by atoms with Gasteiger partial charge in [0.1, 0.15) is 0 Å². The summed E-state index contributed by atoms with van der Waals surface area (Å²) >= 11 is 0. The number of alkyl halides is 3. The smallest absolute Gasteiger partial charge is 0.389 e. The largest absolute Gasteiger partial charge is 0.493 e. The number of hydrogen-bond acceptors (Lipinski definition) is 6. The number of hydrogen-bond donors (Lipinski definition) is 2. The number of rotatable bonds is 7. The van der Waals surface area contributed by atoms with E-state index < -0.39 is 52.3 Å². The molecule has 0 amide bonds. The number of halogens is 3. The molecular weight excluding hydrogens is 459 g/mol. The van der Waals surface area contributed by atoms with Crippen LogP contribution in [0.5, 0.6) is 11.5 Å². The van der Waals surface area contributed by atoms with E-state index in [-0.39, 0.29) is 17.1 Å². The highest BCUT2D eigenvalue weighted by Gasteiger charge is 2.47. The van der Waals surface area contributed by atoms with Crippen LogP contribution in [-0.4, -0.2) is 51.3 Å². The first kappa shape index (κ1) is 25.3. The third-order valence-electron chi connectivity index (χ3n) is 6.14. The molecule has 0 spiro atoms. The third kappa shape index (κ3) is 5.28. The van der Waals surface area contributed by atoms with Gasteiger partial charge in [0, 0.05) is 12.5 Å². The van der Waals surface area contributed by atoms with Crippen LogP contribution in [0.1, 0.15) is 43.4 Å². The van der Waals surface area contributed by atoms with Crippen molar-refractivity contribution in [1.29, 1.82) is 0 Å². The Kier molecular flexibility index (Phi) is 7.30. The molecule has 3 atom stereocenters. The molecule has 6 nitrogen and oxygen atoms in total. The van der Waals surface area contributed by atoms with Crippen molar-refractivity contribution in [2.75, 3.05) is 20.0 Å². The van der Waals surface area contributed by atoms with Crippen LogP contribution in [0.4, 0.5) is 13.2 Å². The normalized spacial score (nSPS) is 23.3. The number of nitrogens with one attached hydrogen (secondary N) is 1. The van der Waals surface area contributed by atoms with Crippen molar-refractivity contribution in [3.8, 4) is 11.5 Å². The second-order valence-electron chi connectivity index (χ2n) is 8.17. The number of aliphatic hydroxyl groups excluding tert-OH is 1. The molecule has 33 heavy (non-hydrogen) atoms. The highest BCUT2D eigenvalue weighted by atomic mass is 32.2. The zero-order valence-corrected chi connectivity index (χ0v) is 19.5. The number of methoxy groups -OCH3 is 2. The number of benzene rings is 2. The van der Waals surface area contributed by atoms with Gasteiger partial charge in [0.25, 0.3) is 0 Å². The highest BCUT2D eigenvalue weighted by molar-refractivity contribution is 7.91. The second-order valence-corrected chi connectivity index (χ2v) is 10.1. The Morgan fingerprint density at radius 2 is 1.76 bits per heavy atom. The molecule has 0 aromatic heterocycles. The number of sulfone groups is 1. The fourth-order valence-electron chi connectivity index (χ4n) is 4.31. The van der Waals surface area contributed by atoms with Gasteiger partial charge in [-0.15, -0.1) is 0 Å². The molecular formula is C23H28F3NO5S. The van der Waals surface area contributed by atoms with Gasteiger partial charge >= 0.3 is 6.18 Å². The Morgan fingerprint density at radius 3 is 2.30 bits per heavy atom. The highest BCUT2D eigenvalue weighted by Crippen LogP contribution is 2.43. The predicted octanol–water partition coefficient (Wildman–Crippen LogP) is 4.02. The standard InChI is InChI=1S/C23H28F3NO5S/c1-4-22(20(28)10-11-23(24,25)26)14-33(29,30)19-13-18(32-3)17(31-2)12-16(19)21(27-22)15-8-6-5-7-9-15/h5-9,12-13,20-21,27-28H,4,10-11,14H2,1-3H3/t20?,21-,22-/m1/s1. The number of ether oxygens (including phenoxy) is 2. The molecule has 2 N–H and O–H groups in total. The lowest BCUT2D eigenvalue weighted by Crippen LogP contribution is -2.58. The Labute approximate surface area is 191 Å². The molecule has 0 saturated carbocycles. The molecule has 182 valence electrons. The molecule has 10 heteroatoms. The lowest BCUT2D eigenvalue weighted by molar-refractivity contribution is -0.142. The Bertz CT molecular complexity index is 1080. The lowest BCUT2D eigenvalue weighted by atomic mass is 9.85. The third-order valence-corrected chi connectivity index (χ3v) is 8.06. The molecule has 0 saturated heterocycles. The molecule has 1 aliphatic heterocycles. The molecule has 1 aliphatic rings. The maximum absolute atomic E-state index is 13.5. The average molecular weight is 488 g/mol. The minimum Gasteiger partial charge on any atom is -0.493 e. The van der Waals surface area contributed by atoms with E-state index in [2.05, 4.69) is 5.32 Å². The van der Waals surface area contributed by atoms with Crippen LogP contribution < -0.4 is 14.8 Å². The summed E-state index contributed by atoms with van der Waals surface area (Å²) in [5.41, 5.74) is -0.439. The van der Waals surface area contributed by atoms with Gasteiger partial charge in [0.05, 0.1) is 42.6 Å². The van der Waals surface area contributed by atoms with Crippen LogP contribution >= 0.6 is 0 Å². The lowest BCUT2D eigenvalue weighted by Gasteiger charge is -2.39. The Balaban J connectivity index is 2.22. The molecule has 0 aliphatic carbocycles. The van der Waals surface area contributed by atoms with Gasteiger partial charge in [-0.3, -0.25) is 5.32 Å². The van der Waals surface area contributed by atoms with Crippen molar-refractivity contribution in [3.63, 3.8) is 0 Å². The summed E-state index contributed by atoms with van der Waals surface area (Å²) in [7, 11) is -1.22. The van der Waals surface area contributed by atoms with Crippen molar-refractivity contribution in [3.05, 3.63) is 53.6 Å². The number of fused-ring (bicyclic) bond motifs is 1. The van der Waals surface area contributed by atoms with E-state index in [0.717, 1.165) is 0 Å². The molecule has 1 heterocycles. The summed E-state index contributed by atoms with van der Waals surface area (Å²) in [5, 5.41) is 14.2. The second kappa shape index (κ2) is 9.52. The van der Waals surface area contributed by atoms with E-state index >= 15 is 0 Å². The topological polar surface area (TPSA) is 84.9 Å². The van der Waals surface area contributed by atoms with Gasteiger partial charge < -0.3 is 14.6 Å². The molecule has 3 rings (SSSR count). The van der Waals surface area contributed by atoms with Crippen molar-refractivity contribution in [2.24, 2.45) is 0 Å². The first-order valence-electron chi connectivity index (χ1n) is 10.5. The van der Waals surface area contributed by atoms with Crippen molar-refractivity contribution >= 4 is 9.84 Å². The summed E-state index contributed by atoms with van der Waals surface area (Å²) in [6, 6.07) is 11.2. The maximum Gasteiger partial charge on any atom is 0.389 e. The molecule has 2 aromatic carbocycles. The molecule has 0 bridgehead atoms. The number of aliphatic hydroxyl groups is 1. The van der Waals surface area contributed by atoms with Crippen LogP contribution in [-0.2, 0) is 9.84 Å². The fourth-order valence-corrected chi connectivity index (χ4v) is 6.45. The fraction of sp³-hybridized carbons (Fsp3) is 0.478. The van der Waals surface area contributed by atoms with E-state index in [1.807, 2.05) is 0 Å². The van der Waals surface area contributed by atoms with Gasteiger partial charge in [0.2, 0.25) is 0 Å². The van der Waals surface area contributed by atoms with Crippen molar-refractivity contribution < 1.29 is 36.2 Å². The molecule has 0 fully saturated rings. The summed E-state index contributed by atoms with van der Waals surface area (Å²) in [6.07, 6.45) is -7.77. The SMILES string of the molecule is CC[C@]1(C(O)CCC(F)(F)F)CS(=O)(=O)c2cc(OC)c(OC)cc2[C@@H](c2ccccc2)N1. The van der Waals surface area contributed by atoms with Crippen LogP contribution in [0, 0.1) is 0 Å². The van der Waals surface area contributed by atoms with Gasteiger partial charge in [-0.05, 0) is 30.0 Å². The molecule has 1 unspecified atom stereocenters. The van der Waals surface area contributed by atoms with Crippen LogP contribution in [0.25, 0.3) is 0 Å². The Morgan fingerprint density at radius 1 is 1.15 bits per heavy atom. The quantitative estimate of drug-likeness (QED) is 0.614. The summed E-state index contributed by atoms with van der Waals surface area (Å²) in [5.74, 6) is -0.0366. The zero-order chi connectivity index (χ0) is 24.4. The van der Waals surface area contributed by atoms with Gasteiger partial charge in [-0.1, -0.05) is 37.3 Å². The first-order chi connectivity index (χ1) is 15.5. The summed E-state index contributed by atoms with van der Waals surface area (Å²) in [6.45, 7) is 1.65. The van der Waals surface area contributed by atoms with Gasteiger partial charge in [0.15, 0.2) is 21.3 Å². The van der Waals surface area contributed by atoms with Crippen molar-refractivity contribution in [1.82, 2.24) is 5.32 Å². The maximum atomic E-state index is 13.5. The van der Waals surface area contributed by atoms with Crippen LogP contribution in [0.3, 0.4) is 0 Å². The zero-order valence-electron chi connectivity index (χ0n) is 18.6. The van der Waals surface area contributed by atoms with Crippen molar-refractivity contribution in [2.45, 2.75) is 54.9 Å². The summed E-state index contributed by atoms with van der Waals surface area (Å²) in [4.78, 5) is -0.0140. The average Bonchev–Trinajstić information content (AvgIpc) is 2.88. The van der Waals surface area contributed by atoms with E-state index in [0.29, 0.717) is 16.9 Å². The van der Waals surface area contributed by atoms with E-state index in [9.17, 15) is 26.7 Å². The predicted molar refractivity (Wildman–Crippen MR) is 117 cm³/mol. The van der Waals surface area contributed by atoms with E-state index in [1.54, 1.807) is 43.3 Å². The first-order valence-corrected chi connectivity index (χ1v) is 12.2. The van der Waals surface area contributed by atoms with Gasteiger partial charge in [-0.25, -0.2) is 8.42 Å². The Hall–Kier alpha value is -2.30. The molecule has 2 aromatic rings. The summed E-state index contributed by atoms with van der Waals surface area (Å²) < 4.78 is 76.4. The van der Waals surface area contributed by atoms with E-state index in [4.69, 9.17) is 9.47 Å². The van der Waals surface area contributed by atoms with Gasteiger partial charge in [-0.2, -0.15) is 13.2 Å². The minimum absolute atomic E-state index is 0.0140. The van der Waals surface area contributed by atoms with Crippen LogP contribution in [0.2, 0.25) is 0 Å². The minimum atomic E-state index is -4.47. The monoisotopic (exact) mass is 487 g/mol.